The van der Waals surface area contributed by atoms with Crippen molar-refractivity contribution in [2.24, 2.45) is 0 Å². The Hall–Kier alpha value is -1.23. The molecule has 2 rings (SSSR count). The summed E-state index contributed by atoms with van der Waals surface area (Å²) in [4.78, 5) is 0. The molecule has 5 heteroatoms. The lowest BCUT2D eigenvalue weighted by Crippen LogP contribution is -2.14. The van der Waals surface area contributed by atoms with Crippen molar-refractivity contribution >= 4 is 0 Å². The molecule has 1 N–H and O–H groups in total. The van der Waals surface area contributed by atoms with E-state index in [0.29, 0.717) is 18.9 Å². The van der Waals surface area contributed by atoms with Gasteiger partial charge in [-0.05, 0) is 12.8 Å². The fraction of sp³-hybridized carbons (Fsp3) is 0.455. The standard InChI is InChI=1S/C11H11F3O2/c1-16-10-6(5-11(15)2-3-11)9(14)7(12)4-8(10)13/h4,15H,2-3,5H2,1H3. The van der Waals surface area contributed by atoms with E-state index in [1.807, 2.05) is 0 Å². The fourth-order valence-electron chi connectivity index (χ4n) is 1.66. The summed E-state index contributed by atoms with van der Waals surface area (Å²) in [5.74, 6) is -3.71. The second-order valence-electron chi connectivity index (χ2n) is 4.07. The first-order chi connectivity index (χ1) is 7.47. The van der Waals surface area contributed by atoms with Gasteiger partial charge in [0.2, 0.25) is 0 Å². The lowest BCUT2D eigenvalue weighted by Gasteiger charge is -2.14. The Morgan fingerprint density at radius 3 is 2.44 bits per heavy atom. The molecule has 0 bridgehead atoms. The van der Waals surface area contributed by atoms with Crippen LogP contribution in [0.2, 0.25) is 0 Å². The van der Waals surface area contributed by atoms with Crippen molar-refractivity contribution < 1.29 is 23.0 Å². The van der Waals surface area contributed by atoms with E-state index in [-0.39, 0.29) is 17.7 Å². The molecule has 0 unspecified atom stereocenters. The van der Waals surface area contributed by atoms with Gasteiger partial charge in [0.05, 0.1) is 12.7 Å². The number of benzene rings is 1. The lowest BCUT2D eigenvalue weighted by molar-refractivity contribution is 0.148. The molecule has 0 radical (unpaired) electrons. The molecule has 1 aromatic carbocycles. The van der Waals surface area contributed by atoms with Gasteiger partial charge in [-0.1, -0.05) is 0 Å². The molecule has 0 saturated heterocycles. The van der Waals surface area contributed by atoms with Crippen molar-refractivity contribution in [2.75, 3.05) is 7.11 Å². The molecule has 0 amide bonds. The fourth-order valence-corrected chi connectivity index (χ4v) is 1.66. The minimum atomic E-state index is -1.27. The predicted octanol–water partition coefficient (Wildman–Crippen LogP) is 2.18. The van der Waals surface area contributed by atoms with Crippen molar-refractivity contribution in [1.29, 1.82) is 0 Å². The quantitative estimate of drug-likeness (QED) is 0.809. The van der Waals surface area contributed by atoms with Gasteiger partial charge in [-0.25, -0.2) is 13.2 Å². The zero-order valence-electron chi connectivity index (χ0n) is 8.69. The van der Waals surface area contributed by atoms with Crippen molar-refractivity contribution in [3.63, 3.8) is 0 Å². The van der Waals surface area contributed by atoms with Crippen LogP contribution in [0.3, 0.4) is 0 Å². The summed E-state index contributed by atoms with van der Waals surface area (Å²) >= 11 is 0. The highest BCUT2D eigenvalue weighted by molar-refractivity contribution is 5.38. The van der Waals surface area contributed by atoms with Gasteiger partial charge in [0.25, 0.3) is 0 Å². The third kappa shape index (κ3) is 1.87. The third-order valence-electron chi connectivity index (χ3n) is 2.76. The summed E-state index contributed by atoms with van der Waals surface area (Å²) in [5, 5.41) is 9.64. The molecule has 88 valence electrons. The van der Waals surface area contributed by atoms with Crippen molar-refractivity contribution in [3.05, 3.63) is 29.1 Å². The molecule has 1 aliphatic carbocycles. The van der Waals surface area contributed by atoms with Gasteiger partial charge in [0.15, 0.2) is 23.2 Å². The smallest absolute Gasteiger partial charge is 0.168 e. The molecule has 1 aromatic rings. The molecule has 2 nitrogen and oxygen atoms in total. The monoisotopic (exact) mass is 232 g/mol. The Labute approximate surface area is 90.7 Å². The van der Waals surface area contributed by atoms with E-state index < -0.39 is 23.1 Å². The maximum atomic E-state index is 13.5. The van der Waals surface area contributed by atoms with Crippen LogP contribution in [0.15, 0.2) is 6.07 Å². The van der Waals surface area contributed by atoms with Gasteiger partial charge in [-0.3, -0.25) is 0 Å². The Morgan fingerprint density at radius 1 is 1.31 bits per heavy atom. The van der Waals surface area contributed by atoms with Crippen LogP contribution in [0.1, 0.15) is 18.4 Å². The molecule has 0 aromatic heterocycles. The van der Waals surface area contributed by atoms with Crippen LogP contribution >= 0.6 is 0 Å². The van der Waals surface area contributed by atoms with E-state index in [2.05, 4.69) is 0 Å². The zero-order valence-corrected chi connectivity index (χ0v) is 8.69. The Kier molecular flexibility index (Phi) is 2.58. The first-order valence-electron chi connectivity index (χ1n) is 4.89. The van der Waals surface area contributed by atoms with Gasteiger partial charge in [0, 0.05) is 18.1 Å². The minimum Gasteiger partial charge on any atom is -0.493 e. The Bertz CT molecular complexity index is 428. The van der Waals surface area contributed by atoms with E-state index in [1.54, 1.807) is 0 Å². The summed E-state index contributed by atoms with van der Waals surface area (Å²) < 4.78 is 44.4. The number of methoxy groups -OCH3 is 1. The molecule has 0 atom stereocenters. The molecular weight excluding hydrogens is 221 g/mol. The maximum absolute atomic E-state index is 13.5. The van der Waals surface area contributed by atoms with Crippen LogP contribution in [0.5, 0.6) is 5.75 Å². The Morgan fingerprint density at radius 2 is 1.94 bits per heavy atom. The van der Waals surface area contributed by atoms with Crippen molar-refractivity contribution in [3.8, 4) is 5.75 Å². The second-order valence-corrected chi connectivity index (χ2v) is 4.07. The first kappa shape index (κ1) is 11.3. The zero-order chi connectivity index (χ0) is 11.9. The minimum absolute atomic E-state index is 0.128. The molecule has 0 aliphatic heterocycles. The van der Waals surface area contributed by atoms with E-state index in [4.69, 9.17) is 4.74 Å². The topological polar surface area (TPSA) is 29.5 Å². The molecule has 1 aliphatic rings. The van der Waals surface area contributed by atoms with Gasteiger partial charge in [0.1, 0.15) is 0 Å². The number of halogens is 3. The van der Waals surface area contributed by atoms with Gasteiger partial charge in [-0.2, -0.15) is 0 Å². The summed E-state index contributed by atoms with van der Waals surface area (Å²) in [7, 11) is 1.18. The van der Waals surface area contributed by atoms with E-state index in [9.17, 15) is 18.3 Å². The van der Waals surface area contributed by atoms with E-state index >= 15 is 0 Å². The van der Waals surface area contributed by atoms with Crippen molar-refractivity contribution in [2.45, 2.75) is 24.9 Å². The van der Waals surface area contributed by atoms with Crippen LogP contribution in [0, 0.1) is 17.5 Å². The van der Waals surface area contributed by atoms with Gasteiger partial charge < -0.3 is 9.84 Å². The molecular formula is C11H11F3O2. The number of ether oxygens (including phenoxy) is 1. The van der Waals surface area contributed by atoms with Crippen LogP contribution in [0.25, 0.3) is 0 Å². The van der Waals surface area contributed by atoms with E-state index in [1.165, 1.54) is 7.11 Å². The number of hydrogen-bond acceptors (Lipinski definition) is 2. The summed E-state index contributed by atoms with van der Waals surface area (Å²) in [6, 6.07) is 0.439. The predicted molar refractivity (Wildman–Crippen MR) is 50.8 cm³/mol. The summed E-state index contributed by atoms with van der Waals surface area (Å²) in [5.41, 5.74) is -1.27. The SMILES string of the molecule is COc1c(F)cc(F)c(F)c1CC1(O)CC1. The Balaban J connectivity index is 2.47. The molecule has 0 heterocycles. The molecule has 1 fully saturated rings. The van der Waals surface area contributed by atoms with Crippen molar-refractivity contribution in [1.82, 2.24) is 0 Å². The molecule has 0 spiro atoms. The lowest BCUT2D eigenvalue weighted by atomic mass is 10.0. The average Bonchev–Trinajstić information content (AvgIpc) is 2.93. The normalized spacial score (nSPS) is 17.3. The maximum Gasteiger partial charge on any atom is 0.168 e. The number of rotatable bonds is 3. The number of hydrogen-bond donors (Lipinski definition) is 1. The highest BCUT2D eigenvalue weighted by atomic mass is 19.2. The third-order valence-corrected chi connectivity index (χ3v) is 2.76. The van der Waals surface area contributed by atoms with E-state index in [0.717, 1.165) is 0 Å². The van der Waals surface area contributed by atoms with Crippen LogP contribution in [-0.4, -0.2) is 17.8 Å². The summed E-state index contributed by atoms with van der Waals surface area (Å²) in [6.07, 6.45) is 0.887. The molecule has 1 saturated carbocycles. The first-order valence-corrected chi connectivity index (χ1v) is 4.89. The second kappa shape index (κ2) is 3.66. The van der Waals surface area contributed by atoms with Gasteiger partial charge >= 0.3 is 0 Å². The highest BCUT2D eigenvalue weighted by Crippen LogP contribution is 2.41. The van der Waals surface area contributed by atoms with Crippen LogP contribution < -0.4 is 4.74 Å². The molecule has 16 heavy (non-hydrogen) atoms. The van der Waals surface area contributed by atoms with Gasteiger partial charge in [-0.15, -0.1) is 0 Å². The summed E-state index contributed by atoms with van der Waals surface area (Å²) in [6.45, 7) is 0. The van der Waals surface area contributed by atoms with Crippen LogP contribution in [-0.2, 0) is 6.42 Å². The average molecular weight is 232 g/mol. The largest absolute Gasteiger partial charge is 0.493 e. The number of aliphatic hydroxyl groups is 1. The highest BCUT2D eigenvalue weighted by Gasteiger charge is 2.42. The van der Waals surface area contributed by atoms with Crippen LogP contribution in [0.4, 0.5) is 13.2 Å².